The lowest BCUT2D eigenvalue weighted by Crippen LogP contribution is -2.58. The van der Waals surface area contributed by atoms with E-state index in [0.717, 1.165) is 6.92 Å². The zero-order valence-electron chi connectivity index (χ0n) is 33.8. The zero-order valence-corrected chi connectivity index (χ0v) is 33.8. The molecule has 1 aromatic carbocycles. The summed E-state index contributed by atoms with van der Waals surface area (Å²) in [7, 11) is 0. The van der Waals surface area contributed by atoms with Crippen molar-refractivity contribution in [3.63, 3.8) is 0 Å². The molecule has 5 amide bonds. The molecule has 3 rings (SSSR count). The van der Waals surface area contributed by atoms with Crippen molar-refractivity contribution in [2.75, 3.05) is 17.6 Å². The van der Waals surface area contributed by atoms with Crippen molar-refractivity contribution >= 4 is 82.2 Å². The number of hydrogen-bond acceptors (Lipinski definition) is 16. The van der Waals surface area contributed by atoms with Crippen molar-refractivity contribution < 1.29 is 63.6 Å². The monoisotopic (exact) mass is 898 g/mol. The fourth-order valence-electron chi connectivity index (χ4n) is 5.52. The summed E-state index contributed by atoms with van der Waals surface area (Å²) in [4.78, 5) is 138. The highest BCUT2D eigenvalue weighted by Gasteiger charge is 2.33. The van der Waals surface area contributed by atoms with Crippen molar-refractivity contribution in [3.05, 3.63) is 52.1 Å². The SMILES string of the molecule is C[C@H](NC(=O)[C@H](CC(=O)O)NC(=O)[C@H](CCCNC(=N)N)NC(=O)[C@H](CC(=O)O)NC(=O)CC[C@H](NC(=O)c1ccc(NCc2cnc3nc(N)[nH]c(=O)c3n2)cc1)C(=O)O)C(=O)O. The molecule has 3 aromatic rings. The van der Waals surface area contributed by atoms with Crippen LogP contribution in [0.25, 0.3) is 11.2 Å². The molecule has 2 aromatic heterocycles. The summed E-state index contributed by atoms with van der Waals surface area (Å²) in [6.45, 7) is 1.17. The molecule has 0 radical (unpaired) electrons. The molecule has 0 saturated carbocycles. The number of nitrogen functional groups attached to an aromatic ring is 1. The van der Waals surface area contributed by atoms with Gasteiger partial charge in [-0.25, -0.2) is 14.8 Å². The van der Waals surface area contributed by atoms with Crippen molar-refractivity contribution in [3.8, 4) is 0 Å². The summed E-state index contributed by atoms with van der Waals surface area (Å²) in [5, 5.41) is 61.3. The van der Waals surface area contributed by atoms with Gasteiger partial charge in [-0.2, -0.15) is 4.98 Å². The molecule has 0 bridgehead atoms. The number of benzene rings is 1. The minimum Gasteiger partial charge on any atom is -0.481 e. The van der Waals surface area contributed by atoms with Crippen molar-refractivity contribution in [2.24, 2.45) is 5.73 Å². The zero-order chi connectivity index (χ0) is 47.7. The molecule has 28 nitrogen and oxygen atoms in total. The number of carbonyl (C=O) groups is 9. The second kappa shape index (κ2) is 23.5. The largest absolute Gasteiger partial charge is 0.481 e. The molecule has 2 heterocycles. The number of H-pyrrole nitrogens is 1. The first-order valence-electron chi connectivity index (χ1n) is 19.0. The Morgan fingerprint density at radius 1 is 0.766 bits per heavy atom. The number of aliphatic carboxylic acids is 4. The first kappa shape index (κ1) is 49.9. The number of nitrogens with zero attached hydrogens (tertiary/aromatic N) is 3. The van der Waals surface area contributed by atoms with Gasteiger partial charge < -0.3 is 69.1 Å². The van der Waals surface area contributed by atoms with Crippen LogP contribution in [0.3, 0.4) is 0 Å². The number of hydrogen-bond donors (Lipinski definition) is 15. The Bertz CT molecular complexity index is 2320. The number of nitrogens with one attached hydrogen (secondary N) is 9. The van der Waals surface area contributed by atoms with Gasteiger partial charge in [-0.15, -0.1) is 0 Å². The van der Waals surface area contributed by atoms with E-state index >= 15 is 0 Å². The number of amides is 5. The molecule has 0 unspecified atom stereocenters. The van der Waals surface area contributed by atoms with Crippen LogP contribution in [-0.2, 0) is 44.9 Å². The molecule has 0 spiro atoms. The van der Waals surface area contributed by atoms with E-state index in [0.29, 0.717) is 11.4 Å². The third-order valence-electron chi connectivity index (χ3n) is 8.76. The van der Waals surface area contributed by atoms with Crippen LogP contribution in [0.1, 0.15) is 61.5 Å². The first-order valence-corrected chi connectivity index (χ1v) is 19.0. The summed E-state index contributed by atoms with van der Waals surface area (Å²) in [5.74, 6) is -12.2. The van der Waals surface area contributed by atoms with Gasteiger partial charge in [-0.3, -0.25) is 53.5 Å². The molecule has 5 atom stereocenters. The molecule has 17 N–H and O–H groups in total. The van der Waals surface area contributed by atoms with Gasteiger partial charge in [0.2, 0.25) is 29.6 Å². The number of fused-ring (bicyclic) bond motifs is 1. The highest BCUT2D eigenvalue weighted by molar-refractivity contribution is 5.98. The van der Waals surface area contributed by atoms with Gasteiger partial charge in [0, 0.05) is 24.2 Å². The second-order valence-electron chi connectivity index (χ2n) is 13.8. The maximum Gasteiger partial charge on any atom is 0.326 e. The minimum absolute atomic E-state index is 0.00395. The van der Waals surface area contributed by atoms with E-state index in [1.165, 1.54) is 30.5 Å². The van der Waals surface area contributed by atoms with Crippen LogP contribution in [0.4, 0.5) is 11.6 Å². The fourth-order valence-corrected chi connectivity index (χ4v) is 5.52. The topological polar surface area (TPSA) is 466 Å². The van der Waals surface area contributed by atoms with Gasteiger partial charge in [0.15, 0.2) is 17.1 Å². The minimum atomic E-state index is -1.87. The van der Waals surface area contributed by atoms with Crippen molar-refractivity contribution in [2.45, 2.75) is 82.2 Å². The Morgan fingerprint density at radius 2 is 1.36 bits per heavy atom. The van der Waals surface area contributed by atoms with E-state index in [2.05, 4.69) is 51.8 Å². The van der Waals surface area contributed by atoms with E-state index in [-0.39, 0.29) is 48.6 Å². The van der Waals surface area contributed by atoms with Crippen LogP contribution in [0.2, 0.25) is 0 Å². The summed E-state index contributed by atoms with van der Waals surface area (Å²) in [5.41, 5.74) is 11.1. The molecule has 0 aliphatic heterocycles. The van der Waals surface area contributed by atoms with Crippen LogP contribution in [0, 0.1) is 5.41 Å². The van der Waals surface area contributed by atoms with Gasteiger partial charge in [0.1, 0.15) is 30.2 Å². The van der Waals surface area contributed by atoms with Gasteiger partial charge in [0.25, 0.3) is 11.5 Å². The highest BCUT2D eigenvalue weighted by atomic mass is 16.4. The molecule has 64 heavy (non-hydrogen) atoms. The summed E-state index contributed by atoms with van der Waals surface area (Å²) in [6, 6.07) is -2.73. The Morgan fingerprint density at radius 3 is 1.95 bits per heavy atom. The quantitative estimate of drug-likeness (QED) is 0.0220. The lowest BCUT2D eigenvalue weighted by atomic mass is 10.1. The Balaban J connectivity index is 1.65. The number of carboxylic acids is 4. The predicted molar refractivity (Wildman–Crippen MR) is 219 cm³/mol. The number of carboxylic acid groups (broad SMARTS) is 4. The Kier molecular flexibility index (Phi) is 18.3. The molecular weight excluding hydrogens is 852 g/mol. The maximum atomic E-state index is 13.4. The average Bonchev–Trinajstić information content (AvgIpc) is 3.21. The van der Waals surface area contributed by atoms with Gasteiger partial charge in [-0.1, -0.05) is 0 Å². The summed E-state index contributed by atoms with van der Waals surface area (Å²) >= 11 is 0. The predicted octanol–water partition coefficient (Wildman–Crippen LogP) is -3.87. The second-order valence-corrected chi connectivity index (χ2v) is 13.8. The standard InChI is InChI=1S/C36H46N14O14/c1-15(33(61)62)43-30(58)22(12-25(54)55)48-29(57)19(3-2-10-40-35(37)38)46-31(59)21(11-24(52)53)45-23(51)9-8-20(34(63)64)47-28(56)16-4-6-17(7-5-16)41-13-18-14-42-27-26(44-18)32(60)50-36(39)49-27/h4-7,14-15,19-22,41H,2-3,8-13H2,1H3,(H,43,58)(H,45,51)(H,46,59)(H,47,56)(H,48,57)(H,52,53)(H,54,55)(H,61,62)(H,63,64)(H4,37,38,40)(H3,39,42,49,50,60)/t15-,19-,20-,21-,22-/m0/s1. The smallest absolute Gasteiger partial charge is 0.326 e. The number of rotatable bonds is 25. The van der Waals surface area contributed by atoms with E-state index in [1.54, 1.807) is 0 Å². The number of anilines is 2. The van der Waals surface area contributed by atoms with Crippen LogP contribution in [-0.4, -0.2) is 136 Å². The number of aromatic nitrogens is 4. The van der Waals surface area contributed by atoms with Gasteiger partial charge in [-0.05, 0) is 50.5 Å². The Labute approximate surface area is 360 Å². The highest BCUT2D eigenvalue weighted by Crippen LogP contribution is 2.13. The van der Waals surface area contributed by atoms with E-state index in [4.69, 9.17) is 22.0 Å². The van der Waals surface area contributed by atoms with Crippen molar-refractivity contribution in [1.29, 1.82) is 5.41 Å². The van der Waals surface area contributed by atoms with Gasteiger partial charge >= 0.3 is 23.9 Å². The summed E-state index contributed by atoms with van der Waals surface area (Å²) in [6.07, 6.45) is -2.14. The lowest BCUT2D eigenvalue weighted by molar-refractivity contribution is -0.143. The molecule has 0 aliphatic rings. The summed E-state index contributed by atoms with van der Waals surface area (Å²) < 4.78 is 0. The van der Waals surface area contributed by atoms with Crippen LogP contribution in [0.15, 0.2) is 35.3 Å². The van der Waals surface area contributed by atoms with E-state index in [9.17, 15) is 63.3 Å². The van der Waals surface area contributed by atoms with Crippen LogP contribution < -0.4 is 54.2 Å². The van der Waals surface area contributed by atoms with E-state index in [1.807, 2.05) is 5.32 Å². The third-order valence-corrected chi connectivity index (χ3v) is 8.76. The number of carbonyl (C=O) groups excluding carboxylic acids is 5. The van der Waals surface area contributed by atoms with Gasteiger partial charge in [0.05, 0.1) is 31.3 Å². The molecule has 0 saturated heterocycles. The molecular formula is C36H46N14O14. The van der Waals surface area contributed by atoms with Crippen molar-refractivity contribution in [1.82, 2.24) is 51.8 Å². The number of guanidine groups is 1. The Hall–Kier alpha value is -8.46. The average molecular weight is 899 g/mol. The third kappa shape index (κ3) is 16.2. The molecule has 0 fully saturated rings. The maximum absolute atomic E-state index is 13.4. The normalized spacial score (nSPS) is 13.1. The number of aromatic amines is 1. The fraction of sp³-hybridized carbons (Fsp3) is 0.389. The van der Waals surface area contributed by atoms with E-state index < -0.39 is 121 Å². The first-order chi connectivity index (χ1) is 30.1. The number of nitrogens with two attached hydrogens (primary N) is 2. The lowest BCUT2D eigenvalue weighted by Gasteiger charge is -2.25. The van der Waals surface area contributed by atoms with Crippen LogP contribution in [0.5, 0.6) is 0 Å². The molecule has 28 heteroatoms. The van der Waals surface area contributed by atoms with Crippen LogP contribution >= 0.6 is 0 Å². The molecule has 344 valence electrons. The molecule has 0 aliphatic carbocycles.